The lowest BCUT2D eigenvalue weighted by molar-refractivity contribution is 0.310. The predicted molar refractivity (Wildman–Crippen MR) is 91.3 cm³/mol. The van der Waals surface area contributed by atoms with Gasteiger partial charge in [-0.3, -0.25) is 0 Å². The van der Waals surface area contributed by atoms with Crippen molar-refractivity contribution in [3.8, 4) is 11.5 Å². The highest BCUT2D eigenvalue weighted by Crippen LogP contribution is 2.36. The van der Waals surface area contributed by atoms with Gasteiger partial charge in [-0.25, -0.2) is 0 Å². The van der Waals surface area contributed by atoms with Gasteiger partial charge < -0.3 is 14.8 Å². The maximum Gasteiger partial charge on any atom is 0.179 e. The van der Waals surface area contributed by atoms with Crippen molar-refractivity contribution >= 4 is 35.3 Å². The molecule has 116 valence electrons. The third kappa shape index (κ3) is 5.08. The van der Waals surface area contributed by atoms with Gasteiger partial charge in [-0.2, -0.15) is 0 Å². The highest BCUT2D eigenvalue weighted by atomic mass is 35.5. The van der Waals surface area contributed by atoms with Gasteiger partial charge in [0.1, 0.15) is 0 Å². The van der Waals surface area contributed by atoms with E-state index in [1.807, 2.05) is 19.1 Å². The number of ether oxygens (including phenoxy) is 2. The molecule has 0 fully saturated rings. The molecule has 0 saturated heterocycles. The van der Waals surface area contributed by atoms with Crippen LogP contribution in [0.15, 0.2) is 29.6 Å². The van der Waals surface area contributed by atoms with Crippen LogP contribution in [0, 0.1) is 0 Å². The number of halogens is 2. The molecule has 1 N–H and O–H groups in total. The van der Waals surface area contributed by atoms with E-state index in [2.05, 4.69) is 22.8 Å². The third-order valence-corrected chi connectivity index (χ3v) is 3.94. The Morgan fingerprint density at radius 3 is 2.71 bits per heavy atom. The Hall–Kier alpha value is -0.940. The number of methoxy groups -OCH3 is 1. The van der Waals surface area contributed by atoms with Crippen LogP contribution < -0.4 is 14.8 Å². The number of hydrogen-bond acceptors (Lipinski definition) is 4. The van der Waals surface area contributed by atoms with Gasteiger partial charge in [0.2, 0.25) is 0 Å². The highest BCUT2D eigenvalue weighted by molar-refractivity contribution is 7.09. The zero-order valence-corrected chi connectivity index (χ0v) is 14.4. The van der Waals surface area contributed by atoms with Crippen molar-refractivity contribution in [2.45, 2.75) is 20.0 Å². The topological polar surface area (TPSA) is 30.5 Å². The van der Waals surface area contributed by atoms with Gasteiger partial charge in [0, 0.05) is 18.0 Å². The number of rotatable bonds is 7. The lowest BCUT2D eigenvalue weighted by Gasteiger charge is -2.13. The number of hydrogen-bond donors (Lipinski definition) is 1. The first kappa shape index (κ1) is 18.1. The fraction of sp³-hybridized carbons (Fsp3) is 0.333. The molecule has 0 amide bonds. The van der Waals surface area contributed by atoms with E-state index in [0.29, 0.717) is 23.1 Å². The van der Waals surface area contributed by atoms with Crippen LogP contribution in [-0.4, -0.2) is 13.7 Å². The molecule has 0 aliphatic rings. The molecule has 2 rings (SSSR count). The van der Waals surface area contributed by atoms with Gasteiger partial charge in [0.15, 0.2) is 11.5 Å². The Kier molecular flexibility index (Phi) is 7.89. The minimum absolute atomic E-state index is 0. The minimum atomic E-state index is 0. The summed E-state index contributed by atoms with van der Waals surface area (Å²) in [5, 5.41) is 6.05. The standard InChI is InChI=1S/C15H18ClNO2S.ClH/c1-3-19-14-8-11(7-13(16)15(14)18-2)9-17-10-12-5-4-6-20-12;/h4-8,17H,3,9-10H2,1-2H3;1H. The molecule has 21 heavy (non-hydrogen) atoms. The van der Waals surface area contributed by atoms with Gasteiger partial charge in [-0.15, -0.1) is 23.7 Å². The van der Waals surface area contributed by atoms with E-state index in [1.54, 1.807) is 18.4 Å². The zero-order chi connectivity index (χ0) is 14.4. The van der Waals surface area contributed by atoms with Crippen molar-refractivity contribution < 1.29 is 9.47 Å². The number of nitrogens with one attached hydrogen (secondary N) is 1. The predicted octanol–water partition coefficient (Wildman–Crippen LogP) is 4.52. The Balaban J connectivity index is 0.00000220. The molecule has 0 radical (unpaired) electrons. The van der Waals surface area contributed by atoms with Crippen LogP contribution in [0.3, 0.4) is 0 Å². The molecule has 1 heterocycles. The zero-order valence-electron chi connectivity index (χ0n) is 12.0. The SMILES string of the molecule is CCOc1cc(CNCc2cccs2)cc(Cl)c1OC.Cl. The molecule has 3 nitrogen and oxygen atoms in total. The summed E-state index contributed by atoms with van der Waals surface area (Å²) in [6.07, 6.45) is 0. The Morgan fingerprint density at radius 1 is 1.29 bits per heavy atom. The molecule has 0 aliphatic heterocycles. The quantitative estimate of drug-likeness (QED) is 0.798. The molecule has 1 aromatic heterocycles. The first-order valence-corrected chi connectivity index (χ1v) is 7.72. The van der Waals surface area contributed by atoms with E-state index < -0.39 is 0 Å². The number of thiophene rings is 1. The lowest BCUT2D eigenvalue weighted by atomic mass is 10.2. The highest BCUT2D eigenvalue weighted by Gasteiger charge is 2.11. The van der Waals surface area contributed by atoms with E-state index in [-0.39, 0.29) is 12.4 Å². The Morgan fingerprint density at radius 2 is 2.10 bits per heavy atom. The first-order chi connectivity index (χ1) is 9.74. The molecule has 0 atom stereocenters. The van der Waals surface area contributed by atoms with E-state index in [0.717, 1.165) is 18.7 Å². The van der Waals surface area contributed by atoms with E-state index in [1.165, 1.54) is 4.88 Å². The largest absolute Gasteiger partial charge is 0.491 e. The summed E-state index contributed by atoms with van der Waals surface area (Å²) in [4.78, 5) is 1.31. The molecule has 0 saturated carbocycles. The summed E-state index contributed by atoms with van der Waals surface area (Å²) >= 11 is 7.96. The van der Waals surface area contributed by atoms with Crippen molar-refractivity contribution in [1.29, 1.82) is 0 Å². The number of benzene rings is 1. The Labute approximate surface area is 140 Å². The van der Waals surface area contributed by atoms with Gasteiger partial charge in [0.25, 0.3) is 0 Å². The maximum absolute atomic E-state index is 6.22. The molecule has 0 spiro atoms. The minimum Gasteiger partial charge on any atom is -0.491 e. The normalized spacial score (nSPS) is 10.0. The maximum atomic E-state index is 6.22. The van der Waals surface area contributed by atoms with Gasteiger partial charge in [-0.05, 0) is 36.1 Å². The van der Waals surface area contributed by atoms with Crippen LogP contribution in [0.5, 0.6) is 11.5 Å². The molecular weight excluding hydrogens is 329 g/mol. The van der Waals surface area contributed by atoms with Crippen LogP contribution in [0.4, 0.5) is 0 Å². The second-order valence-corrected chi connectivity index (χ2v) is 5.66. The lowest BCUT2D eigenvalue weighted by Crippen LogP contribution is -2.12. The molecule has 0 bridgehead atoms. The third-order valence-electron chi connectivity index (χ3n) is 2.78. The average Bonchev–Trinajstić information content (AvgIpc) is 2.92. The summed E-state index contributed by atoms with van der Waals surface area (Å²) in [7, 11) is 1.60. The second kappa shape index (κ2) is 9.15. The first-order valence-electron chi connectivity index (χ1n) is 6.47. The van der Waals surface area contributed by atoms with Crippen molar-refractivity contribution in [3.63, 3.8) is 0 Å². The van der Waals surface area contributed by atoms with Gasteiger partial charge in [-0.1, -0.05) is 17.7 Å². The van der Waals surface area contributed by atoms with Gasteiger partial charge in [0.05, 0.1) is 18.7 Å². The van der Waals surface area contributed by atoms with Crippen LogP contribution in [0.25, 0.3) is 0 Å². The second-order valence-electron chi connectivity index (χ2n) is 4.22. The van der Waals surface area contributed by atoms with Crippen LogP contribution in [0.2, 0.25) is 5.02 Å². The van der Waals surface area contributed by atoms with Crippen molar-refractivity contribution in [2.75, 3.05) is 13.7 Å². The molecule has 6 heteroatoms. The molecule has 0 unspecified atom stereocenters. The van der Waals surface area contributed by atoms with E-state index >= 15 is 0 Å². The average molecular weight is 348 g/mol. The van der Waals surface area contributed by atoms with Gasteiger partial charge >= 0.3 is 0 Å². The molecule has 0 aliphatic carbocycles. The smallest absolute Gasteiger partial charge is 0.179 e. The molecular formula is C15H19Cl2NO2S. The van der Waals surface area contributed by atoms with Crippen LogP contribution >= 0.6 is 35.3 Å². The van der Waals surface area contributed by atoms with Crippen molar-refractivity contribution in [2.24, 2.45) is 0 Å². The molecule has 1 aromatic carbocycles. The summed E-state index contributed by atoms with van der Waals surface area (Å²) in [6.45, 7) is 4.11. The summed E-state index contributed by atoms with van der Waals surface area (Å²) in [6, 6.07) is 8.05. The van der Waals surface area contributed by atoms with E-state index in [9.17, 15) is 0 Å². The fourth-order valence-corrected chi connectivity index (χ4v) is 2.91. The molecule has 2 aromatic rings. The van der Waals surface area contributed by atoms with Crippen molar-refractivity contribution in [3.05, 3.63) is 45.1 Å². The Bertz CT molecular complexity index is 547. The van der Waals surface area contributed by atoms with Crippen LogP contribution in [-0.2, 0) is 13.1 Å². The summed E-state index contributed by atoms with van der Waals surface area (Å²) < 4.78 is 10.8. The fourth-order valence-electron chi connectivity index (χ4n) is 1.93. The summed E-state index contributed by atoms with van der Waals surface area (Å²) in [5.74, 6) is 1.28. The van der Waals surface area contributed by atoms with E-state index in [4.69, 9.17) is 21.1 Å². The van der Waals surface area contributed by atoms with Crippen LogP contribution in [0.1, 0.15) is 17.4 Å². The summed E-state index contributed by atoms with van der Waals surface area (Å²) in [5.41, 5.74) is 1.08. The monoisotopic (exact) mass is 347 g/mol. The van der Waals surface area contributed by atoms with Crippen molar-refractivity contribution in [1.82, 2.24) is 5.32 Å².